The van der Waals surface area contributed by atoms with E-state index in [4.69, 9.17) is 21.3 Å². The number of nitrogens with zero attached hydrogens (tertiary/aromatic N) is 3. The van der Waals surface area contributed by atoms with E-state index in [-0.39, 0.29) is 0 Å². The predicted octanol–water partition coefficient (Wildman–Crippen LogP) is 12.2. The van der Waals surface area contributed by atoms with E-state index in [1.807, 2.05) is 66.7 Å². The number of benzene rings is 7. The number of hydrogen-bond donors (Lipinski definition) is 0. The molecule has 242 valence electrons. The van der Waals surface area contributed by atoms with Crippen molar-refractivity contribution in [2.75, 3.05) is 0 Å². The quantitative estimate of drug-likeness (QED) is 0.176. The number of rotatable bonds is 4. The summed E-state index contributed by atoms with van der Waals surface area (Å²) in [7, 11) is 0. The van der Waals surface area contributed by atoms with E-state index in [1.165, 1.54) is 22.3 Å². The van der Waals surface area contributed by atoms with Crippen LogP contribution in [0.15, 0.2) is 176 Å². The van der Waals surface area contributed by atoms with Gasteiger partial charge in [-0.25, -0.2) is 14.8 Å². The maximum Gasteiger partial charge on any atom is 0.187 e. The molecular weight excluding hydrogens is 635 g/mol. The number of ether oxygens (including phenoxy) is 1. The zero-order chi connectivity index (χ0) is 34.6. The van der Waals surface area contributed by atoms with Crippen molar-refractivity contribution in [1.82, 2.24) is 9.97 Å². The van der Waals surface area contributed by atoms with E-state index in [9.17, 15) is 0 Å². The lowest BCUT2D eigenvalue weighted by Gasteiger charge is -2.39. The molecule has 0 fully saturated rings. The Kier molecular flexibility index (Phi) is 6.74. The summed E-state index contributed by atoms with van der Waals surface area (Å²) >= 11 is 0. The second kappa shape index (κ2) is 11.8. The van der Waals surface area contributed by atoms with Gasteiger partial charge in [-0.2, -0.15) is 0 Å². The van der Waals surface area contributed by atoms with Crippen molar-refractivity contribution in [3.8, 4) is 67.7 Å². The van der Waals surface area contributed by atoms with Gasteiger partial charge in [-0.15, -0.1) is 0 Å². The highest BCUT2D eigenvalue weighted by molar-refractivity contribution is 5.91. The van der Waals surface area contributed by atoms with Crippen LogP contribution in [0.25, 0.3) is 61.0 Å². The van der Waals surface area contributed by atoms with Gasteiger partial charge in [0, 0.05) is 27.8 Å². The van der Waals surface area contributed by atoms with E-state index in [0.29, 0.717) is 11.5 Å². The van der Waals surface area contributed by atoms with Crippen LogP contribution in [0.2, 0.25) is 0 Å². The summed E-state index contributed by atoms with van der Waals surface area (Å²) in [6.45, 7) is 7.45. The highest BCUT2D eigenvalue weighted by Crippen LogP contribution is 2.62. The molecule has 0 bridgehead atoms. The Balaban J connectivity index is 1.24. The fourth-order valence-electron chi connectivity index (χ4n) is 8.04. The van der Waals surface area contributed by atoms with Crippen molar-refractivity contribution < 1.29 is 4.74 Å². The maximum absolute atomic E-state index is 7.45. The first-order valence-corrected chi connectivity index (χ1v) is 17.4. The lowest BCUT2D eigenvalue weighted by atomic mass is 9.65. The molecular formula is C48H29N3O. The monoisotopic (exact) mass is 663 g/mol. The lowest BCUT2D eigenvalue weighted by Crippen LogP contribution is -2.32. The standard InChI is InChI=1S/C48H29N3O/c1-49-36-24-20-31(21-25-36)34-23-27-46-42(28-34)48(40-18-10-11-19-45(40)52-46)39-17-9-8-16-37(39)38-26-22-35(29-41(38)48)44-30-43(32-12-4-2-5-13-32)50-47(51-44)33-14-6-3-7-15-33/h2-30H. The van der Waals surface area contributed by atoms with Crippen LogP contribution in [-0.4, -0.2) is 9.97 Å². The minimum atomic E-state index is -0.657. The topological polar surface area (TPSA) is 39.4 Å². The van der Waals surface area contributed by atoms with Gasteiger partial charge in [0.2, 0.25) is 0 Å². The Morgan fingerprint density at radius 3 is 1.77 bits per heavy atom. The first-order chi connectivity index (χ1) is 25.7. The summed E-state index contributed by atoms with van der Waals surface area (Å²) in [6, 6.07) is 60.9. The van der Waals surface area contributed by atoms with Crippen LogP contribution in [0.1, 0.15) is 22.3 Å². The van der Waals surface area contributed by atoms with Gasteiger partial charge in [0.15, 0.2) is 11.5 Å². The molecule has 0 saturated heterocycles. The van der Waals surface area contributed by atoms with E-state index in [1.54, 1.807) is 0 Å². The van der Waals surface area contributed by atoms with Crippen molar-refractivity contribution >= 4 is 5.69 Å². The molecule has 1 unspecified atom stereocenters. The molecule has 0 amide bonds. The molecule has 8 aromatic rings. The molecule has 0 N–H and O–H groups in total. The first-order valence-electron chi connectivity index (χ1n) is 17.4. The van der Waals surface area contributed by atoms with Crippen LogP contribution >= 0.6 is 0 Å². The molecule has 0 radical (unpaired) electrons. The van der Waals surface area contributed by atoms with Gasteiger partial charge in [-0.1, -0.05) is 146 Å². The molecule has 4 nitrogen and oxygen atoms in total. The third-order valence-corrected chi connectivity index (χ3v) is 10.4. The maximum atomic E-state index is 7.45. The third kappa shape index (κ3) is 4.54. The Hall–Kier alpha value is -7.09. The van der Waals surface area contributed by atoms with Crippen molar-refractivity contribution in [3.05, 3.63) is 210 Å². The molecule has 10 rings (SSSR count). The van der Waals surface area contributed by atoms with Crippen LogP contribution in [0.3, 0.4) is 0 Å². The van der Waals surface area contributed by atoms with Crippen LogP contribution in [-0.2, 0) is 5.41 Å². The van der Waals surface area contributed by atoms with Gasteiger partial charge in [0.05, 0.1) is 23.4 Å². The molecule has 52 heavy (non-hydrogen) atoms. The second-order valence-corrected chi connectivity index (χ2v) is 13.2. The number of fused-ring (bicyclic) bond motifs is 9. The van der Waals surface area contributed by atoms with Gasteiger partial charge in [0.25, 0.3) is 0 Å². The molecule has 1 atom stereocenters. The van der Waals surface area contributed by atoms with Gasteiger partial charge in [-0.3, -0.25) is 0 Å². The van der Waals surface area contributed by atoms with Crippen LogP contribution in [0.4, 0.5) is 5.69 Å². The fourth-order valence-corrected chi connectivity index (χ4v) is 8.04. The predicted molar refractivity (Wildman–Crippen MR) is 207 cm³/mol. The van der Waals surface area contributed by atoms with Crippen molar-refractivity contribution in [1.29, 1.82) is 0 Å². The summed E-state index contributed by atoms with van der Waals surface area (Å²) in [5, 5.41) is 0. The summed E-state index contributed by atoms with van der Waals surface area (Å²) in [5.41, 5.74) is 13.8. The average Bonchev–Trinajstić information content (AvgIpc) is 3.51. The van der Waals surface area contributed by atoms with Crippen LogP contribution in [0, 0.1) is 6.57 Å². The van der Waals surface area contributed by atoms with Gasteiger partial charge < -0.3 is 4.74 Å². The van der Waals surface area contributed by atoms with Crippen LogP contribution in [0.5, 0.6) is 11.5 Å². The summed E-state index contributed by atoms with van der Waals surface area (Å²) in [5.74, 6) is 2.36. The highest BCUT2D eigenvalue weighted by atomic mass is 16.5. The Morgan fingerprint density at radius 2 is 1.00 bits per heavy atom. The summed E-state index contributed by atoms with van der Waals surface area (Å²) in [6.07, 6.45) is 0. The minimum Gasteiger partial charge on any atom is -0.457 e. The molecule has 7 aromatic carbocycles. The summed E-state index contributed by atoms with van der Waals surface area (Å²) in [4.78, 5) is 13.9. The summed E-state index contributed by atoms with van der Waals surface area (Å²) < 4.78 is 6.71. The van der Waals surface area contributed by atoms with Crippen LogP contribution < -0.4 is 4.74 Å². The number of para-hydroxylation sites is 1. The SMILES string of the molecule is [C-]#[N+]c1ccc(-c2ccc3c(c2)C2(c4ccccc4O3)c3ccccc3-c3ccc(-c4cc(-c5ccccc5)nc(-c5ccccc5)n4)cc32)cc1. The van der Waals surface area contributed by atoms with Gasteiger partial charge in [-0.05, 0) is 63.7 Å². The molecule has 1 spiro atoms. The smallest absolute Gasteiger partial charge is 0.187 e. The molecule has 2 aliphatic rings. The largest absolute Gasteiger partial charge is 0.457 e. The fraction of sp³-hybridized carbons (Fsp3) is 0.0208. The Labute approximate surface area is 302 Å². The lowest BCUT2D eigenvalue weighted by molar-refractivity contribution is 0.436. The second-order valence-electron chi connectivity index (χ2n) is 13.2. The van der Waals surface area contributed by atoms with Gasteiger partial charge >= 0.3 is 0 Å². The molecule has 1 aromatic heterocycles. The van der Waals surface area contributed by atoms with E-state index < -0.39 is 5.41 Å². The molecule has 4 heteroatoms. The zero-order valence-corrected chi connectivity index (χ0v) is 28.0. The third-order valence-electron chi connectivity index (χ3n) is 10.4. The number of hydrogen-bond acceptors (Lipinski definition) is 3. The minimum absolute atomic E-state index is 0.622. The molecule has 2 heterocycles. The first kappa shape index (κ1) is 29.8. The molecule has 1 aliphatic heterocycles. The van der Waals surface area contributed by atoms with E-state index in [2.05, 4.69) is 114 Å². The van der Waals surface area contributed by atoms with Crippen molar-refractivity contribution in [2.24, 2.45) is 0 Å². The molecule has 0 saturated carbocycles. The average molecular weight is 664 g/mol. The number of aromatic nitrogens is 2. The molecule has 1 aliphatic carbocycles. The zero-order valence-electron chi connectivity index (χ0n) is 28.0. The highest BCUT2D eigenvalue weighted by Gasteiger charge is 2.51. The Morgan fingerprint density at radius 1 is 0.423 bits per heavy atom. The van der Waals surface area contributed by atoms with E-state index in [0.717, 1.165) is 61.8 Å². The Bertz CT molecular complexity index is 2660. The van der Waals surface area contributed by atoms with Crippen molar-refractivity contribution in [3.63, 3.8) is 0 Å². The van der Waals surface area contributed by atoms with Gasteiger partial charge in [0.1, 0.15) is 11.5 Å². The van der Waals surface area contributed by atoms with Crippen molar-refractivity contribution in [2.45, 2.75) is 5.41 Å². The normalized spacial score (nSPS) is 14.8. The van der Waals surface area contributed by atoms with E-state index >= 15 is 0 Å².